The van der Waals surface area contributed by atoms with Gasteiger partial charge in [0.2, 0.25) is 0 Å². The van der Waals surface area contributed by atoms with Crippen LogP contribution >= 0.6 is 28.6 Å². The van der Waals surface area contributed by atoms with Crippen molar-refractivity contribution in [2.45, 2.75) is 11.1 Å². The fourth-order valence-corrected chi connectivity index (χ4v) is 1.27. The minimum atomic E-state index is -0.403. The first-order valence-corrected chi connectivity index (χ1v) is 4.97. The highest BCUT2D eigenvalue weighted by atomic mass is 79.9. The fraction of sp³-hybridized carbons (Fsp3) is 0.222. The van der Waals surface area contributed by atoms with Gasteiger partial charge in [0.25, 0.3) is 0 Å². The number of hydrogen-bond acceptors (Lipinski definition) is 2. The summed E-state index contributed by atoms with van der Waals surface area (Å²) in [5.74, 6) is -0.00154. The molecule has 1 atom stereocenters. The van der Waals surface area contributed by atoms with E-state index in [1.807, 2.05) is 31.2 Å². The van der Waals surface area contributed by atoms with Gasteiger partial charge in [-0.2, -0.15) is 12.6 Å². The Bertz CT molecular complexity index is 279. The van der Waals surface area contributed by atoms with Crippen molar-refractivity contribution in [3.8, 4) is 0 Å². The van der Waals surface area contributed by atoms with Gasteiger partial charge in [0.1, 0.15) is 4.16 Å². The largest absolute Gasteiger partial charge is 0.292 e. The average Bonchev–Trinajstić information content (AvgIpc) is 2.04. The number of rotatable bonds is 2. The van der Waals surface area contributed by atoms with Crippen molar-refractivity contribution in [2.75, 3.05) is 0 Å². The Morgan fingerprint density at radius 2 is 1.92 bits per heavy atom. The molecule has 1 nitrogen and oxygen atoms in total. The lowest BCUT2D eigenvalue weighted by atomic mass is 10.1. The molecule has 0 saturated carbocycles. The topological polar surface area (TPSA) is 17.1 Å². The first-order valence-electron chi connectivity index (χ1n) is 3.54. The first kappa shape index (κ1) is 9.81. The van der Waals surface area contributed by atoms with Crippen LogP contribution in [0.25, 0.3) is 0 Å². The molecule has 1 rings (SSSR count). The third kappa shape index (κ3) is 2.35. The van der Waals surface area contributed by atoms with Crippen LogP contribution in [0.1, 0.15) is 15.9 Å². The highest BCUT2D eigenvalue weighted by Gasteiger charge is 2.11. The Balaban J connectivity index is 2.90. The van der Waals surface area contributed by atoms with Crippen LogP contribution in [0.15, 0.2) is 24.3 Å². The van der Waals surface area contributed by atoms with Crippen LogP contribution in [0.3, 0.4) is 0 Å². The van der Waals surface area contributed by atoms with Crippen LogP contribution in [0.5, 0.6) is 0 Å². The number of halogens is 1. The second-order valence-corrected chi connectivity index (χ2v) is 4.71. The molecule has 0 spiro atoms. The summed E-state index contributed by atoms with van der Waals surface area (Å²) < 4.78 is -0.403. The van der Waals surface area contributed by atoms with E-state index in [0.717, 1.165) is 5.56 Å². The Hall–Kier alpha value is -0.280. The van der Waals surface area contributed by atoms with Gasteiger partial charge in [-0.1, -0.05) is 45.8 Å². The van der Waals surface area contributed by atoms with Gasteiger partial charge in [0, 0.05) is 5.56 Å². The highest BCUT2D eigenvalue weighted by Crippen LogP contribution is 2.13. The number of carbonyl (C=O) groups is 1. The molecule has 0 aromatic heterocycles. The number of ketones is 1. The third-order valence-corrected chi connectivity index (χ3v) is 2.20. The zero-order valence-corrected chi connectivity index (χ0v) is 9.10. The van der Waals surface area contributed by atoms with Gasteiger partial charge in [-0.15, -0.1) is 0 Å². The molecule has 1 aromatic carbocycles. The summed E-state index contributed by atoms with van der Waals surface area (Å²) in [6.45, 7) is 1.99. The molecule has 1 aromatic rings. The molecule has 0 aliphatic rings. The molecule has 0 saturated heterocycles. The van der Waals surface area contributed by atoms with E-state index in [9.17, 15) is 4.79 Å². The van der Waals surface area contributed by atoms with E-state index < -0.39 is 4.16 Å². The molecule has 12 heavy (non-hydrogen) atoms. The van der Waals surface area contributed by atoms with Crippen molar-refractivity contribution < 1.29 is 4.79 Å². The van der Waals surface area contributed by atoms with Crippen LogP contribution in [-0.4, -0.2) is 9.94 Å². The second kappa shape index (κ2) is 4.10. The highest BCUT2D eigenvalue weighted by molar-refractivity contribution is 9.11. The molecule has 0 heterocycles. The van der Waals surface area contributed by atoms with Crippen molar-refractivity contribution in [3.05, 3.63) is 35.4 Å². The number of alkyl halides is 1. The van der Waals surface area contributed by atoms with E-state index in [1.54, 1.807) is 0 Å². The zero-order valence-electron chi connectivity index (χ0n) is 6.62. The summed E-state index contributed by atoms with van der Waals surface area (Å²) in [4.78, 5) is 11.3. The Morgan fingerprint density at radius 3 is 2.33 bits per heavy atom. The summed E-state index contributed by atoms with van der Waals surface area (Å²) in [7, 11) is 0. The molecule has 0 fully saturated rings. The van der Waals surface area contributed by atoms with E-state index >= 15 is 0 Å². The van der Waals surface area contributed by atoms with Crippen molar-refractivity contribution in [2.24, 2.45) is 0 Å². The van der Waals surface area contributed by atoms with E-state index in [4.69, 9.17) is 0 Å². The SMILES string of the molecule is Cc1ccc(C(=O)C(S)Br)cc1. The Morgan fingerprint density at radius 1 is 1.42 bits per heavy atom. The lowest BCUT2D eigenvalue weighted by Gasteiger charge is -2.01. The number of benzene rings is 1. The normalized spacial score (nSPS) is 12.6. The maximum Gasteiger partial charge on any atom is 0.186 e. The monoisotopic (exact) mass is 244 g/mol. The quantitative estimate of drug-likeness (QED) is 0.481. The average molecular weight is 245 g/mol. The molecule has 0 aliphatic carbocycles. The van der Waals surface area contributed by atoms with Crippen LogP contribution < -0.4 is 0 Å². The van der Waals surface area contributed by atoms with Crippen molar-refractivity contribution in [1.82, 2.24) is 0 Å². The summed E-state index contributed by atoms with van der Waals surface area (Å²) in [6, 6.07) is 7.44. The standard InChI is InChI=1S/C9H9BrOS/c1-6-2-4-7(5-3-6)8(11)9(10)12/h2-5,9,12H,1H3. The Labute approximate surface area is 85.7 Å². The summed E-state index contributed by atoms with van der Waals surface area (Å²) in [5, 5.41) is 0. The third-order valence-electron chi connectivity index (χ3n) is 1.55. The predicted octanol–water partition coefficient (Wildman–Crippen LogP) is 2.83. The number of carbonyl (C=O) groups excluding carboxylic acids is 1. The molecule has 64 valence electrons. The van der Waals surface area contributed by atoms with Gasteiger partial charge in [0.15, 0.2) is 5.78 Å². The van der Waals surface area contributed by atoms with Gasteiger partial charge >= 0.3 is 0 Å². The molecule has 3 heteroatoms. The van der Waals surface area contributed by atoms with Crippen molar-refractivity contribution >= 4 is 34.3 Å². The molecular formula is C9H9BrOS. The molecular weight excluding hydrogens is 236 g/mol. The van der Waals surface area contributed by atoms with Gasteiger partial charge in [-0.3, -0.25) is 4.79 Å². The smallest absolute Gasteiger partial charge is 0.186 e. The zero-order chi connectivity index (χ0) is 9.14. The van der Waals surface area contributed by atoms with Crippen LogP contribution in [0, 0.1) is 6.92 Å². The molecule has 0 amide bonds. The summed E-state index contributed by atoms with van der Waals surface area (Å²) in [5.41, 5.74) is 1.84. The van der Waals surface area contributed by atoms with E-state index in [1.165, 1.54) is 0 Å². The van der Waals surface area contributed by atoms with E-state index in [-0.39, 0.29) is 5.78 Å². The molecule has 0 aliphatic heterocycles. The number of thiol groups is 1. The number of aryl methyl sites for hydroxylation is 1. The fourth-order valence-electron chi connectivity index (χ4n) is 0.855. The minimum absolute atomic E-state index is 0.00154. The van der Waals surface area contributed by atoms with Gasteiger partial charge < -0.3 is 0 Å². The molecule has 0 radical (unpaired) electrons. The van der Waals surface area contributed by atoms with Crippen molar-refractivity contribution in [1.29, 1.82) is 0 Å². The number of Topliss-reactive ketones (excluding diaryl/α,β-unsaturated/α-hetero) is 1. The van der Waals surface area contributed by atoms with Gasteiger partial charge in [0.05, 0.1) is 0 Å². The second-order valence-electron chi connectivity index (χ2n) is 2.57. The lowest BCUT2D eigenvalue weighted by Crippen LogP contribution is -2.07. The molecule has 0 N–H and O–H groups in total. The lowest BCUT2D eigenvalue weighted by molar-refractivity contribution is 0.101. The minimum Gasteiger partial charge on any atom is -0.292 e. The summed E-state index contributed by atoms with van der Waals surface area (Å²) >= 11 is 7.11. The number of hydrogen-bond donors (Lipinski definition) is 1. The maximum atomic E-state index is 11.3. The molecule has 0 bridgehead atoms. The van der Waals surface area contributed by atoms with Crippen LogP contribution in [-0.2, 0) is 0 Å². The van der Waals surface area contributed by atoms with Crippen molar-refractivity contribution in [3.63, 3.8) is 0 Å². The van der Waals surface area contributed by atoms with Crippen LogP contribution in [0.4, 0.5) is 0 Å². The molecule has 1 unspecified atom stereocenters. The summed E-state index contributed by atoms with van der Waals surface area (Å²) in [6.07, 6.45) is 0. The van der Waals surface area contributed by atoms with E-state index in [2.05, 4.69) is 28.6 Å². The van der Waals surface area contributed by atoms with Gasteiger partial charge in [-0.05, 0) is 6.92 Å². The van der Waals surface area contributed by atoms with E-state index in [0.29, 0.717) is 5.56 Å². The van der Waals surface area contributed by atoms with Gasteiger partial charge in [-0.25, -0.2) is 0 Å². The first-order chi connectivity index (χ1) is 5.61. The Kier molecular flexibility index (Phi) is 3.35. The van der Waals surface area contributed by atoms with Crippen LogP contribution in [0.2, 0.25) is 0 Å². The predicted molar refractivity (Wildman–Crippen MR) is 57.2 cm³/mol. The maximum absolute atomic E-state index is 11.3.